The smallest absolute Gasteiger partial charge is 0.416 e. The Labute approximate surface area is 175 Å². The summed E-state index contributed by atoms with van der Waals surface area (Å²) in [6.45, 7) is 0.231. The number of halogens is 3. The van der Waals surface area contributed by atoms with Crippen LogP contribution in [0.15, 0.2) is 48.8 Å². The third-order valence-electron chi connectivity index (χ3n) is 5.43. The van der Waals surface area contributed by atoms with Gasteiger partial charge in [0.2, 0.25) is 0 Å². The molecule has 0 saturated carbocycles. The maximum absolute atomic E-state index is 12.9. The number of nitrogens with one attached hydrogen (secondary N) is 1. The number of likely N-dealkylation sites (tertiary alicyclic amines) is 1. The first-order valence-electron chi connectivity index (χ1n) is 9.54. The van der Waals surface area contributed by atoms with Gasteiger partial charge in [-0.1, -0.05) is 12.1 Å². The van der Waals surface area contributed by atoms with Crippen LogP contribution in [-0.4, -0.2) is 56.9 Å². The number of fused-ring (bicyclic) bond motifs is 1. The summed E-state index contributed by atoms with van der Waals surface area (Å²) >= 11 is 0. The van der Waals surface area contributed by atoms with Crippen molar-refractivity contribution in [1.29, 1.82) is 0 Å². The lowest BCUT2D eigenvalue weighted by molar-refractivity contribution is -0.137. The number of rotatable bonds is 4. The number of benzene rings is 1. The normalized spacial score (nSPS) is 19.0. The molecule has 31 heavy (non-hydrogen) atoms. The van der Waals surface area contributed by atoms with Crippen LogP contribution in [0.2, 0.25) is 0 Å². The van der Waals surface area contributed by atoms with E-state index in [0.29, 0.717) is 27.8 Å². The summed E-state index contributed by atoms with van der Waals surface area (Å²) in [5.74, 6) is 0.175. The molecule has 1 aliphatic rings. The predicted molar refractivity (Wildman–Crippen MR) is 108 cm³/mol. The van der Waals surface area contributed by atoms with Crippen molar-refractivity contribution in [2.24, 2.45) is 5.92 Å². The fourth-order valence-electron chi connectivity index (χ4n) is 3.79. The van der Waals surface area contributed by atoms with Gasteiger partial charge in [0.05, 0.1) is 17.1 Å². The second kappa shape index (κ2) is 8.03. The molecule has 10 heteroatoms. The van der Waals surface area contributed by atoms with Gasteiger partial charge in [-0.25, -0.2) is 9.78 Å². The van der Waals surface area contributed by atoms with E-state index in [1.807, 2.05) is 0 Å². The van der Waals surface area contributed by atoms with E-state index in [9.17, 15) is 28.2 Å². The Morgan fingerprint density at radius 3 is 2.55 bits per heavy atom. The summed E-state index contributed by atoms with van der Waals surface area (Å²) in [6.07, 6.45) is -2.37. The quantitative estimate of drug-likeness (QED) is 0.582. The Bertz CT molecular complexity index is 1110. The van der Waals surface area contributed by atoms with Crippen LogP contribution in [0.3, 0.4) is 0 Å². The number of nitrogens with zero attached hydrogens (tertiary/aromatic N) is 3. The van der Waals surface area contributed by atoms with Crippen LogP contribution in [-0.2, 0) is 6.18 Å². The summed E-state index contributed by atoms with van der Waals surface area (Å²) in [4.78, 5) is 21.3. The standard InChI is InChI=1S/C21H19F3N4O3/c22-21(23,24)14-5-3-12(4-6-14)16-8-26-19(15-2-1-7-25-18(15)16)27-17-10-28(20(30)31)9-13(17)11-29/h1-8,13,17,29H,9-11H2,(H,26,27)(H,30,31)/t13-,17+/m0/s1. The Balaban J connectivity index is 1.68. The number of carboxylic acid groups (broad SMARTS) is 1. The first-order chi connectivity index (χ1) is 14.8. The molecule has 0 spiro atoms. The zero-order valence-corrected chi connectivity index (χ0v) is 16.2. The highest BCUT2D eigenvalue weighted by Crippen LogP contribution is 2.34. The van der Waals surface area contributed by atoms with Gasteiger partial charge in [0, 0.05) is 49.0 Å². The van der Waals surface area contributed by atoms with Crippen molar-refractivity contribution in [2.45, 2.75) is 12.2 Å². The molecule has 0 unspecified atom stereocenters. The van der Waals surface area contributed by atoms with Gasteiger partial charge in [0.25, 0.3) is 0 Å². The first-order valence-corrected chi connectivity index (χ1v) is 9.54. The van der Waals surface area contributed by atoms with Crippen molar-refractivity contribution in [3.05, 3.63) is 54.4 Å². The predicted octanol–water partition coefficient (Wildman–Crippen LogP) is 3.70. The van der Waals surface area contributed by atoms with Gasteiger partial charge < -0.3 is 20.4 Å². The molecule has 0 bridgehead atoms. The molecule has 3 N–H and O–H groups in total. The monoisotopic (exact) mass is 432 g/mol. The molecule has 0 radical (unpaired) electrons. The Morgan fingerprint density at radius 1 is 1.16 bits per heavy atom. The van der Waals surface area contributed by atoms with Crippen molar-refractivity contribution in [3.63, 3.8) is 0 Å². The number of aromatic nitrogens is 2. The average molecular weight is 432 g/mol. The van der Waals surface area contributed by atoms with Gasteiger partial charge in [-0.3, -0.25) is 4.98 Å². The molecule has 1 aromatic carbocycles. The van der Waals surface area contributed by atoms with E-state index in [1.54, 1.807) is 18.3 Å². The number of alkyl halides is 3. The zero-order chi connectivity index (χ0) is 22.2. The lowest BCUT2D eigenvalue weighted by Crippen LogP contribution is -2.32. The maximum Gasteiger partial charge on any atom is 0.416 e. The summed E-state index contributed by atoms with van der Waals surface area (Å²) in [6, 6.07) is 7.95. The number of hydrogen-bond acceptors (Lipinski definition) is 5. The van der Waals surface area contributed by atoms with Gasteiger partial charge in [0.1, 0.15) is 5.82 Å². The summed E-state index contributed by atoms with van der Waals surface area (Å²) < 4.78 is 38.6. The molecule has 0 aliphatic carbocycles. The van der Waals surface area contributed by atoms with Crippen LogP contribution in [0.5, 0.6) is 0 Å². The number of aliphatic hydroxyl groups is 1. The van der Waals surface area contributed by atoms with Crippen molar-refractivity contribution < 1.29 is 28.2 Å². The largest absolute Gasteiger partial charge is 0.465 e. The maximum atomic E-state index is 12.9. The molecule has 1 amide bonds. The topological polar surface area (TPSA) is 98.6 Å². The third kappa shape index (κ3) is 4.11. The number of aliphatic hydroxyl groups excluding tert-OH is 1. The molecule has 162 valence electrons. The lowest BCUT2D eigenvalue weighted by atomic mass is 10.0. The average Bonchev–Trinajstić information content (AvgIpc) is 3.17. The number of pyridine rings is 2. The third-order valence-corrected chi connectivity index (χ3v) is 5.43. The van der Waals surface area contributed by atoms with E-state index in [1.165, 1.54) is 23.2 Å². The number of hydrogen-bond donors (Lipinski definition) is 3. The Hall–Kier alpha value is -3.40. The van der Waals surface area contributed by atoms with E-state index in [0.717, 1.165) is 12.1 Å². The molecular weight excluding hydrogens is 413 g/mol. The number of amides is 1. The Kier molecular flexibility index (Phi) is 5.40. The number of anilines is 1. The molecule has 2 atom stereocenters. The molecule has 4 rings (SSSR count). The Morgan fingerprint density at radius 2 is 1.90 bits per heavy atom. The van der Waals surface area contributed by atoms with Gasteiger partial charge in [-0.05, 0) is 29.8 Å². The SMILES string of the molecule is O=C(O)N1C[C@@H](CO)[C@H](Nc2ncc(-c3ccc(C(F)(F)F)cc3)c3ncccc23)C1. The van der Waals surface area contributed by atoms with E-state index in [-0.39, 0.29) is 31.7 Å². The molecule has 7 nitrogen and oxygen atoms in total. The molecular formula is C21H19F3N4O3. The fraction of sp³-hybridized carbons (Fsp3) is 0.286. The zero-order valence-electron chi connectivity index (χ0n) is 16.2. The fourth-order valence-corrected chi connectivity index (χ4v) is 3.79. The molecule has 2 aromatic heterocycles. The van der Waals surface area contributed by atoms with Crippen LogP contribution in [0, 0.1) is 5.92 Å². The number of carbonyl (C=O) groups is 1. The van der Waals surface area contributed by atoms with Crippen LogP contribution >= 0.6 is 0 Å². The van der Waals surface area contributed by atoms with Gasteiger partial charge in [-0.2, -0.15) is 13.2 Å². The van der Waals surface area contributed by atoms with E-state index in [2.05, 4.69) is 15.3 Å². The van der Waals surface area contributed by atoms with E-state index >= 15 is 0 Å². The molecule has 1 saturated heterocycles. The van der Waals surface area contributed by atoms with Gasteiger partial charge in [-0.15, -0.1) is 0 Å². The summed E-state index contributed by atoms with van der Waals surface area (Å²) in [5, 5.41) is 22.7. The van der Waals surface area contributed by atoms with E-state index < -0.39 is 17.8 Å². The van der Waals surface area contributed by atoms with Crippen molar-refractivity contribution >= 4 is 22.8 Å². The van der Waals surface area contributed by atoms with Crippen LogP contribution < -0.4 is 5.32 Å². The lowest BCUT2D eigenvalue weighted by Gasteiger charge is -2.20. The summed E-state index contributed by atoms with van der Waals surface area (Å²) in [7, 11) is 0. The minimum atomic E-state index is -4.42. The molecule has 3 aromatic rings. The van der Waals surface area contributed by atoms with Crippen LogP contribution in [0.1, 0.15) is 5.56 Å². The molecule has 1 aliphatic heterocycles. The summed E-state index contributed by atoms with van der Waals surface area (Å²) in [5.41, 5.74) is 0.932. The molecule has 1 fully saturated rings. The first kappa shape index (κ1) is 20.9. The highest BCUT2D eigenvalue weighted by Gasteiger charge is 2.35. The minimum absolute atomic E-state index is 0.179. The second-order valence-corrected chi connectivity index (χ2v) is 7.38. The second-order valence-electron chi connectivity index (χ2n) is 7.38. The van der Waals surface area contributed by atoms with Gasteiger partial charge in [0.15, 0.2) is 0 Å². The molecule has 3 heterocycles. The van der Waals surface area contributed by atoms with Crippen LogP contribution in [0.4, 0.5) is 23.8 Å². The highest BCUT2D eigenvalue weighted by molar-refractivity contribution is 5.99. The highest BCUT2D eigenvalue weighted by atomic mass is 19.4. The van der Waals surface area contributed by atoms with Crippen LogP contribution in [0.25, 0.3) is 22.0 Å². The van der Waals surface area contributed by atoms with Crippen molar-refractivity contribution in [1.82, 2.24) is 14.9 Å². The van der Waals surface area contributed by atoms with E-state index in [4.69, 9.17) is 0 Å². The van der Waals surface area contributed by atoms with Crippen molar-refractivity contribution in [2.75, 3.05) is 25.0 Å². The minimum Gasteiger partial charge on any atom is -0.465 e. The van der Waals surface area contributed by atoms with Crippen molar-refractivity contribution in [3.8, 4) is 11.1 Å². The van der Waals surface area contributed by atoms with Gasteiger partial charge >= 0.3 is 12.3 Å².